The fourth-order valence-corrected chi connectivity index (χ4v) is 2.15. The second-order valence-electron chi connectivity index (χ2n) is 4.70. The van der Waals surface area contributed by atoms with E-state index in [2.05, 4.69) is 11.2 Å². The van der Waals surface area contributed by atoms with Gasteiger partial charge in [0.2, 0.25) is 0 Å². The van der Waals surface area contributed by atoms with Gasteiger partial charge in [-0.05, 0) is 43.5 Å². The van der Waals surface area contributed by atoms with Crippen molar-refractivity contribution in [3.8, 4) is 18.1 Å². The number of ether oxygens (including phenoxy) is 2. The van der Waals surface area contributed by atoms with Crippen LogP contribution in [-0.4, -0.2) is 31.8 Å². The number of terminal acetylenes is 1. The van der Waals surface area contributed by atoms with Crippen LogP contribution in [0, 0.1) is 12.3 Å². The number of carbonyl (C=O) groups is 1. The standard InChI is InChI=1S/C16H19NO3/c1-2-11-19-15-7-5-13(6-8-15)16(18)17-10-9-14-4-3-12-20-14/h1,5-8,14H,3-4,9-12H2,(H,17,18). The van der Waals surface area contributed by atoms with Crippen LogP contribution in [0.1, 0.15) is 29.6 Å². The molecular formula is C16H19NO3. The lowest BCUT2D eigenvalue weighted by Gasteiger charge is -2.10. The van der Waals surface area contributed by atoms with Gasteiger partial charge in [-0.3, -0.25) is 4.79 Å². The van der Waals surface area contributed by atoms with Crippen LogP contribution in [0.4, 0.5) is 0 Å². The third kappa shape index (κ3) is 4.29. The highest BCUT2D eigenvalue weighted by molar-refractivity contribution is 5.94. The van der Waals surface area contributed by atoms with Gasteiger partial charge in [0, 0.05) is 18.7 Å². The largest absolute Gasteiger partial charge is 0.481 e. The summed E-state index contributed by atoms with van der Waals surface area (Å²) < 4.78 is 10.8. The number of hydrogen-bond acceptors (Lipinski definition) is 3. The Bertz CT molecular complexity index is 469. The van der Waals surface area contributed by atoms with Gasteiger partial charge in [0.25, 0.3) is 5.91 Å². The van der Waals surface area contributed by atoms with E-state index in [-0.39, 0.29) is 12.5 Å². The summed E-state index contributed by atoms with van der Waals surface area (Å²) in [5, 5.41) is 2.90. The first-order valence-corrected chi connectivity index (χ1v) is 6.85. The van der Waals surface area contributed by atoms with Crippen molar-refractivity contribution in [1.29, 1.82) is 0 Å². The summed E-state index contributed by atoms with van der Waals surface area (Å²) in [5.74, 6) is 2.98. The first-order chi connectivity index (χ1) is 9.79. The summed E-state index contributed by atoms with van der Waals surface area (Å²) in [5.41, 5.74) is 0.616. The molecule has 1 unspecified atom stereocenters. The molecule has 0 spiro atoms. The molecule has 4 nitrogen and oxygen atoms in total. The number of benzene rings is 1. The van der Waals surface area contributed by atoms with E-state index >= 15 is 0 Å². The van der Waals surface area contributed by atoms with E-state index in [4.69, 9.17) is 15.9 Å². The summed E-state index contributed by atoms with van der Waals surface area (Å²) in [7, 11) is 0. The van der Waals surface area contributed by atoms with Crippen LogP contribution in [0.5, 0.6) is 5.75 Å². The second-order valence-corrected chi connectivity index (χ2v) is 4.70. The number of carbonyl (C=O) groups excluding carboxylic acids is 1. The average Bonchev–Trinajstić information content (AvgIpc) is 2.99. The van der Waals surface area contributed by atoms with Gasteiger partial charge in [0.05, 0.1) is 6.10 Å². The van der Waals surface area contributed by atoms with Gasteiger partial charge in [-0.25, -0.2) is 0 Å². The van der Waals surface area contributed by atoms with Gasteiger partial charge in [-0.1, -0.05) is 5.92 Å². The zero-order chi connectivity index (χ0) is 14.2. The molecule has 106 valence electrons. The second kappa shape index (κ2) is 7.56. The molecule has 1 saturated heterocycles. The monoisotopic (exact) mass is 273 g/mol. The summed E-state index contributed by atoms with van der Waals surface area (Å²) >= 11 is 0. The van der Waals surface area contributed by atoms with E-state index in [0.29, 0.717) is 24.0 Å². The average molecular weight is 273 g/mol. The van der Waals surface area contributed by atoms with Gasteiger partial charge < -0.3 is 14.8 Å². The maximum absolute atomic E-state index is 11.9. The van der Waals surface area contributed by atoms with Crippen LogP contribution in [0.2, 0.25) is 0 Å². The summed E-state index contributed by atoms with van der Waals surface area (Å²) in [4.78, 5) is 11.9. The topological polar surface area (TPSA) is 47.6 Å². The minimum atomic E-state index is -0.0773. The van der Waals surface area contributed by atoms with Crippen LogP contribution in [0.3, 0.4) is 0 Å². The summed E-state index contributed by atoms with van der Waals surface area (Å²) in [6.45, 7) is 1.71. The highest BCUT2D eigenvalue weighted by atomic mass is 16.5. The Hall–Kier alpha value is -1.99. The Balaban J connectivity index is 1.75. The van der Waals surface area contributed by atoms with Crippen molar-refractivity contribution in [3.63, 3.8) is 0 Å². The highest BCUT2D eigenvalue weighted by Crippen LogP contribution is 2.15. The maximum Gasteiger partial charge on any atom is 0.251 e. The Morgan fingerprint density at radius 1 is 1.45 bits per heavy atom. The quantitative estimate of drug-likeness (QED) is 0.806. The fourth-order valence-electron chi connectivity index (χ4n) is 2.15. The molecule has 0 saturated carbocycles. The lowest BCUT2D eigenvalue weighted by Crippen LogP contribution is -2.26. The van der Waals surface area contributed by atoms with Crippen molar-refractivity contribution >= 4 is 5.91 Å². The lowest BCUT2D eigenvalue weighted by molar-refractivity contribution is 0.0907. The van der Waals surface area contributed by atoms with E-state index in [1.54, 1.807) is 24.3 Å². The Labute approximate surface area is 119 Å². The van der Waals surface area contributed by atoms with Gasteiger partial charge in [0.1, 0.15) is 12.4 Å². The van der Waals surface area contributed by atoms with Crippen LogP contribution in [0.15, 0.2) is 24.3 Å². The maximum atomic E-state index is 11.9. The van der Waals surface area contributed by atoms with E-state index in [1.165, 1.54) is 0 Å². The van der Waals surface area contributed by atoms with Crippen LogP contribution < -0.4 is 10.1 Å². The molecule has 1 heterocycles. The van der Waals surface area contributed by atoms with E-state index in [0.717, 1.165) is 25.9 Å². The fraction of sp³-hybridized carbons (Fsp3) is 0.438. The van der Waals surface area contributed by atoms with Crippen molar-refractivity contribution in [3.05, 3.63) is 29.8 Å². The first kappa shape index (κ1) is 14.4. The van der Waals surface area contributed by atoms with E-state index in [1.807, 2.05) is 0 Å². The minimum Gasteiger partial charge on any atom is -0.481 e. The molecular weight excluding hydrogens is 254 g/mol. The Kier molecular flexibility index (Phi) is 5.45. The zero-order valence-corrected chi connectivity index (χ0v) is 11.4. The molecule has 1 atom stereocenters. The van der Waals surface area contributed by atoms with Crippen molar-refractivity contribution in [2.24, 2.45) is 0 Å². The molecule has 0 radical (unpaired) electrons. The van der Waals surface area contributed by atoms with Crippen LogP contribution >= 0.6 is 0 Å². The van der Waals surface area contributed by atoms with E-state index < -0.39 is 0 Å². The normalized spacial score (nSPS) is 17.4. The van der Waals surface area contributed by atoms with Gasteiger partial charge in [0.15, 0.2) is 0 Å². The smallest absolute Gasteiger partial charge is 0.251 e. The Morgan fingerprint density at radius 3 is 2.90 bits per heavy atom. The van der Waals surface area contributed by atoms with Crippen molar-refractivity contribution in [2.45, 2.75) is 25.4 Å². The first-order valence-electron chi connectivity index (χ1n) is 6.85. The zero-order valence-electron chi connectivity index (χ0n) is 11.4. The molecule has 1 aromatic rings. The molecule has 1 aromatic carbocycles. The molecule has 1 amide bonds. The van der Waals surface area contributed by atoms with Crippen LogP contribution in [0.25, 0.3) is 0 Å². The predicted octanol–water partition coefficient (Wildman–Crippen LogP) is 2.00. The number of nitrogens with one attached hydrogen (secondary N) is 1. The molecule has 20 heavy (non-hydrogen) atoms. The van der Waals surface area contributed by atoms with Crippen molar-refractivity contribution in [1.82, 2.24) is 5.32 Å². The van der Waals surface area contributed by atoms with Gasteiger partial charge in [-0.2, -0.15) is 0 Å². The molecule has 0 bridgehead atoms. The SMILES string of the molecule is C#CCOc1ccc(C(=O)NCCC2CCCO2)cc1. The molecule has 0 aliphatic carbocycles. The lowest BCUT2D eigenvalue weighted by atomic mass is 10.1. The molecule has 1 N–H and O–H groups in total. The number of rotatable bonds is 6. The molecule has 4 heteroatoms. The molecule has 2 rings (SSSR count). The highest BCUT2D eigenvalue weighted by Gasteiger charge is 2.15. The van der Waals surface area contributed by atoms with Gasteiger partial charge in [-0.15, -0.1) is 6.42 Å². The van der Waals surface area contributed by atoms with Gasteiger partial charge >= 0.3 is 0 Å². The Morgan fingerprint density at radius 2 is 2.25 bits per heavy atom. The molecule has 1 fully saturated rings. The predicted molar refractivity (Wildman–Crippen MR) is 76.7 cm³/mol. The van der Waals surface area contributed by atoms with Crippen molar-refractivity contribution in [2.75, 3.05) is 19.8 Å². The molecule has 0 aromatic heterocycles. The third-order valence-electron chi connectivity index (χ3n) is 3.21. The van der Waals surface area contributed by atoms with E-state index in [9.17, 15) is 4.79 Å². The minimum absolute atomic E-state index is 0.0773. The van der Waals surface area contributed by atoms with Crippen LogP contribution in [-0.2, 0) is 4.74 Å². The summed E-state index contributed by atoms with van der Waals surface area (Å²) in [6.07, 6.45) is 8.50. The molecule has 1 aliphatic heterocycles. The number of amides is 1. The number of hydrogen-bond donors (Lipinski definition) is 1. The molecule has 1 aliphatic rings. The summed E-state index contributed by atoms with van der Waals surface area (Å²) in [6, 6.07) is 6.94. The third-order valence-corrected chi connectivity index (χ3v) is 3.21. The van der Waals surface area contributed by atoms with Crippen molar-refractivity contribution < 1.29 is 14.3 Å².